The first-order chi connectivity index (χ1) is 15.7. The Hall–Kier alpha value is -1.89. The Labute approximate surface area is 197 Å². The number of allylic oxidation sites excluding steroid dienone is 2. The Kier molecular flexibility index (Phi) is 7.18. The van der Waals surface area contributed by atoms with Crippen molar-refractivity contribution in [3.05, 3.63) is 11.6 Å². The molecule has 184 valence electrons. The van der Waals surface area contributed by atoms with Gasteiger partial charge in [-0.3, -0.25) is 9.59 Å². The molecule has 6 atom stereocenters. The summed E-state index contributed by atoms with van der Waals surface area (Å²) in [6.07, 6.45) is 12.1. The zero-order chi connectivity index (χ0) is 23.6. The van der Waals surface area contributed by atoms with Gasteiger partial charge in [0, 0.05) is 13.0 Å². The summed E-state index contributed by atoms with van der Waals surface area (Å²) in [5.41, 5.74) is 2.74. The number of hydrogen-bond acceptors (Lipinski definition) is 5. The van der Waals surface area contributed by atoms with Gasteiger partial charge in [0.15, 0.2) is 6.61 Å². The number of carboxylic acids is 1. The van der Waals surface area contributed by atoms with Gasteiger partial charge in [-0.1, -0.05) is 24.6 Å². The number of hydrogen-bond donors (Lipinski definition) is 3. The van der Waals surface area contributed by atoms with Crippen LogP contribution in [0.2, 0.25) is 0 Å². The Morgan fingerprint density at radius 3 is 2.73 bits per heavy atom. The second-order valence-electron chi connectivity index (χ2n) is 11.2. The van der Waals surface area contributed by atoms with Crippen molar-refractivity contribution in [3.8, 4) is 0 Å². The van der Waals surface area contributed by atoms with Crippen LogP contribution in [-0.2, 0) is 14.4 Å². The van der Waals surface area contributed by atoms with Crippen molar-refractivity contribution in [2.45, 2.75) is 90.6 Å². The number of unbranched alkanes of at least 4 members (excludes halogenated alkanes) is 1. The lowest BCUT2D eigenvalue weighted by molar-refractivity contribution is -0.137. The number of aliphatic hydroxyl groups excluding tert-OH is 1. The molecule has 33 heavy (non-hydrogen) atoms. The SMILES string of the molecule is CC12CCC(=NOCC(=O)NCCCCC(=O)O)C=C1CCC1C2CCC2(C)C(O)CCC12. The third-order valence-corrected chi connectivity index (χ3v) is 9.44. The summed E-state index contributed by atoms with van der Waals surface area (Å²) < 4.78 is 0. The van der Waals surface area contributed by atoms with E-state index >= 15 is 0 Å². The van der Waals surface area contributed by atoms with Crippen molar-refractivity contribution in [1.29, 1.82) is 0 Å². The molecule has 0 aromatic rings. The summed E-state index contributed by atoms with van der Waals surface area (Å²) in [7, 11) is 0. The van der Waals surface area contributed by atoms with Crippen molar-refractivity contribution in [3.63, 3.8) is 0 Å². The largest absolute Gasteiger partial charge is 0.481 e. The average molecular weight is 461 g/mol. The van der Waals surface area contributed by atoms with E-state index in [4.69, 9.17) is 9.94 Å². The first kappa shape index (κ1) is 24.2. The molecule has 7 nitrogen and oxygen atoms in total. The zero-order valence-electron chi connectivity index (χ0n) is 20.1. The molecule has 0 bridgehead atoms. The van der Waals surface area contributed by atoms with Crippen molar-refractivity contribution in [2.24, 2.45) is 33.7 Å². The molecule has 4 aliphatic carbocycles. The summed E-state index contributed by atoms with van der Waals surface area (Å²) in [6.45, 7) is 5.11. The molecule has 0 aliphatic heterocycles. The van der Waals surface area contributed by atoms with Crippen molar-refractivity contribution in [2.75, 3.05) is 13.2 Å². The standard InChI is InChI=1S/C26H40N2O5/c1-25-12-10-18(28-33-16-23(30)27-14-4-3-5-24(31)32)15-17(25)6-7-19-20-8-9-22(29)26(20,2)13-11-21(19)25/h15,19-22,29H,3-14,16H2,1-2H3,(H,27,30)(H,31,32). The summed E-state index contributed by atoms with van der Waals surface area (Å²) >= 11 is 0. The minimum absolute atomic E-state index is 0.115. The van der Waals surface area contributed by atoms with Gasteiger partial charge in [0.25, 0.3) is 5.91 Å². The van der Waals surface area contributed by atoms with E-state index in [0.29, 0.717) is 31.2 Å². The third-order valence-electron chi connectivity index (χ3n) is 9.44. The molecular formula is C26H40N2O5. The highest BCUT2D eigenvalue weighted by molar-refractivity contribution is 5.96. The highest BCUT2D eigenvalue weighted by Gasteiger charge is 2.58. The van der Waals surface area contributed by atoms with Gasteiger partial charge in [0.1, 0.15) is 0 Å². The van der Waals surface area contributed by atoms with Crippen LogP contribution in [-0.4, -0.2) is 47.1 Å². The minimum Gasteiger partial charge on any atom is -0.481 e. The van der Waals surface area contributed by atoms with Crippen molar-refractivity contribution >= 4 is 17.6 Å². The highest BCUT2D eigenvalue weighted by atomic mass is 16.6. The fraction of sp³-hybridized carbons (Fsp3) is 0.808. The Bertz CT molecular complexity index is 823. The van der Waals surface area contributed by atoms with Crippen LogP contribution in [0.15, 0.2) is 16.8 Å². The van der Waals surface area contributed by atoms with Crippen LogP contribution in [0, 0.1) is 28.6 Å². The van der Waals surface area contributed by atoms with E-state index in [-0.39, 0.29) is 35.9 Å². The van der Waals surface area contributed by atoms with Gasteiger partial charge in [-0.25, -0.2) is 0 Å². The van der Waals surface area contributed by atoms with Crippen LogP contribution in [0.4, 0.5) is 0 Å². The van der Waals surface area contributed by atoms with E-state index in [2.05, 4.69) is 30.4 Å². The average Bonchev–Trinajstić information content (AvgIpc) is 3.08. The molecule has 1 amide bonds. The molecule has 4 rings (SSSR count). The number of carbonyl (C=O) groups is 2. The van der Waals surface area contributed by atoms with Crippen LogP contribution >= 0.6 is 0 Å². The second-order valence-corrected chi connectivity index (χ2v) is 11.2. The van der Waals surface area contributed by atoms with Crippen molar-refractivity contribution < 1.29 is 24.6 Å². The number of nitrogens with zero attached hydrogens (tertiary/aromatic N) is 1. The molecule has 4 aliphatic rings. The summed E-state index contributed by atoms with van der Waals surface area (Å²) in [4.78, 5) is 27.7. The van der Waals surface area contributed by atoms with E-state index in [1.165, 1.54) is 24.8 Å². The molecule has 3 saturated carbocycles. The van der Waals surface area contributed by atoms with Gasteiger partial charge >= 0.3 is 5.97 Å². The Morgan fingerprint density at radius 2 is 1.94 bits per heavy atom. The van der Waals surface area contributed by atoms with Crippen LogP contribution < -0.4 is 5.32 Å². The van der Waals surface area contributed by atoms with Crippen LogP contribution in [0.1, 0.15) is 84.5 Å². The highest BCUT2D eigenvalue weighted by Crippen LogP contribution is 2.65. The number of rotatable bonds is 8. The number of carboxylic acid groups (broad SMARTS) is 1. The van der Waals surface area contributed by atoms with Gasteiger partial charge in [-0.2, -0.15) is 0 Å². The van der Waals surface area contributed by atoms with Crippen LogP contribution in [0.3, 0.4) is 0 Å². The lowest BCUT2D eigenvalue weighted by Gasteiger charge is -2.57. The molecule has 3 N–H and O–H groups in total. The molecule has 6 unspecified atom stereocenters. The van der Waals surface area contributed by atoms with Crippen LogP contribution in [0.5, 0.6) is 0 Å². The minimum atomic E-state index is -0.814. The number of aliphatic carboxylic acids is 1. The van der Waals surface area contributed by atoms with Gasteiger partial charge in [-0.15, -0.1) is 0 Å². The monoisotopic (exact) mass is 460 g/mol. The molecule has 0 aromatic carbocycles. The van der Waals surface area contributed by atoms with E-state index in [0.717, 1.165) is 43.7 Å². The maximum Gasteiger partial charge on any atom is 0.303 e. The molecule has 0 heterocycles. The predicted molar refractivity (Wildman–Crippen MR) is 126 cm³/mol. The smallest absolute Gasteiger partial charge is 0.303 e. The lowest BCUT2D eigenvalue weighted by Crippen LogP contribution is -2.51. The Morgan fingerprint density at radius 1 is 1.12 bits per heavy atom. The quantitative estimate of drug-likeness (QED) is 0.374. The fourth-order valence-electron chi connectivity index (χ4n) is 7.47. The predicted octanol–water partition coefficient (Wildman–Crippen LogP) is 4.05. The van der Waals surface area contributed by atoms with Crippen LogP contribution in [0.25, 0.3) is 0 Å². The maximum atomic E-state index is 11.9. The number of amides is 1. The molecule has 0 saturated heterocycles. The zero-order valence-corrected chi connectivity index (χ0v) is 20.1. The third kappa shape index (κ3) is 4.84. The van der Waals surface area contributed by atoms with Gasteiger partial charge in [0.2, 0.25) is 0 Å². The topological polar surface area (TPSA) is 108 Å². The maximum absolute atomic E-state index is 11.9. The number of carbonyl (C=O) groups excluding carboxylic acids is 1. The molecule has 0 spiro atoms. The number of oxime groups is 1. The van der Waals surface area contributed by atoms with Crippen molar-refractivity contribution in [1.82, 2.24) is 5.32 Å². The van der Waals surface area contributed by atoms with E-state index < -0.39 is 5.97 Å². The Balaban J connectivity index is 1.30. The molecular weight excluding hydrogens is 420 g/mol. The molecule has 3 fully saturated rings. The molecule has 0 aromatic heterocycles. The van der Waals surface area contributed by atoms with E-state index in [1.54, 1.807) is 0 Å². The molecule has 0 radical (unpaired) electrons. The van der Waals surface area contributed by atoms with Gasteiger partial charge in [0.05, 0.1) is 11.8 Å². The number of fused-ring (bicyclic) bond motifs is 5. The summed E-state index contributed by atoms with van der Waals surface area (Å²) in [5, 5.41) is 26.3. The first-order valence-electron chi connectivity index (χ1n) is 12.8. The summed E-state index contributed by atoms with van der Waals surface area (Å²) in [5.74, 6) is 1.02. The number of aliphatic hydroxyl groups is 1. The fourth-order valence-corrected chi connectivity index (χ4v) is 7.47. The normalized spacial score (nSPS) is 38.6. The lowest BCUT2D eigenvalue weighted by atomic mass is 9.47. The second kappa shape index (κ2) is 9.77. The molecule has 7 heteroatoms. The van der Waals surface area contributed by atoms with Gasteiger partial charge < -0.3 is 20.4 Å². The first-order valence-corrected chi connectivity index (χ1v) is 12.8. The number of nitrogens with one attached hydrogen (secondary N) is 1. The summed E-state index contributed by atoms with van der Waals surface area (Å²) in [6, 6.07) is 0. The van der Waals surface area contributed by atoms with Gasteiger partial charge in [-0.05, 0) is 98.9 Å². The van der Waals surface area contributed by atoms with E-state index in [1.807, 2.05) is 0 Å². The van der Waals surface area contributed by atoms with E-state index in [9.17, 15) is 14.7 Å².